The normalized spacial score (nSPS) is 12.4. The molecule has 0 heterocycles. The number of hydrogen-bond acceptors (Lipinski definition) is 1. The van der Waals surface area contributed by atoms with E-state index in [1.807, 2.05) is 64.1 Å². The SMILES string of the molecule is CC=C(C)C(=O)NC(C)(C)c1ccccc1. The Labute approximate surface area is 97.4 Å². The molecule has 0 aliphatic rings. The topological polar surface area (TPSA) is 29.1 Å². The molecule has 2 heteroatoms. The Balaban J connectivity index is 2.84. The third-order valence-electron chi connectivity index (χ3n) is 2.71. The summed E-state index contributed by atoms with van der Waals surface area (Å²) in [7, 11) is 0. The fraction of sp³-hybridized carbons (Fsp3) is 0.357. The Bertz CT molecular complexity index is 390. The molecule has 16 heavy (non-hydrogen) atoms. The van der Waals surface area contributed by atoms with E-state index in [2.05, 4.69) is 5.32 Å². The van der Waals surface area contributed by atoms with Crippen LogP contribution in [-0.2, 0) is 10.3 Å². The molecule has 1 amide bonds. The molecular formula is C14H19NO. The Morgan fingerprint density at radius 3 is 2.31 bits per heavy atom. The second-order valence-corrected chi connectivity index (χ2v) is 4.42. The standard InChI is InChI=1S/C14H19NO/c1-5-11(2)13(16)15-14(3,4)12-9-7-6-8-10-12/h5-10H,1-4H3,(H,15,16). The number of carbonyl (C=O) groups is 1. The molecule has 0 aromatic heterocycles. The van der Waals surface area contributed by atoms with E-state index >= 15 is 0 Å². The minimum atomic E-state index is -0.345. The van der Waals surface area contributed by atoms with Crippen molar-refractivity contribution in [2.24, 2.45) is 0 Å². The van der Waals surface area contributed by atoms with Crippen molar-refractivity contribution in [2.75, 3.05) is 0 Å². The molecule has 1 aromatic rings. The molecule has 0 saturated carbocycles. The molecule has 0 radical (unpaired) electrons. The highest BCUT2D eigenvalue weighted by Crippen LogP contribution is 2.19. The minimum Gasteiger partial charge on any atom is -0.343 e. The van der Waals surface area contributed by atoms with Crippen molar-refractivity contribution in [3.63, 3.8) is 0 Å². The van der Waals surface area contributed by atoms with Gasteiger partial charge in [0.1, 0.15) is 0 Å². The summed E-state index contributed by atoms with van der Waals surface area (Å²) >= 11 is 0. The van der Waals surface area contributed by atoms with Gasteiger partial charge in [0.2, 0.25) is 5.91 Å². The van der Waals surface area contributed by atoms with Crippen molar-refractivity contribution in [3.8, 4) is 0 Å². The number of rotatable bonds is 3. The first-order chi connectivity index (χ1) is 7.47. The van der Waals surface area contributed by atoms with Gasteiger partial charge in [-0.2, -0.15) is 0 Å². The lowest BCUT2D eigenvalue weighted by Gasteiger charge is -2.27. The molecule has 0 unspecified atom stereocenters. The molecule has 0 spiro atoms. The molecule has 1 aromatic carbocycles. The van der Waals surface area contributed by atoms with E-state index in [-0.39, 0.29) is 11.4 Å². The lowest BCUT2D eigenvalue weighted by molar-refractivity contribution is -0.119. The van der Waals surface area contributed by atoms with Gasteiger partial charge in [-0.3, -0.25) is 4.79 Å². The minimum absolute atomic E-state index is 0.0173. The second-order valence-electron chi connectivity index (χ2n) is 4.42. The van der Waals surface area contributed by atoms with Gasteiger partial charge in [-0.15, -0.1) is 0 Å². The summed E-state index contributed by atoms with van der Waals surface area (Å²) in [5.41, 5.74) is 1.50. The number of amides is 1. The van der Waals surface area contributed by atoms with Crippen molar-refractivity contribution in [2.45, 2.75) is 33.2 Å². The van der Waals surface area contributed by atoms with Crippen molar-refractivity contribution in [1.29, 1.82) is 0 Å². The van der Waals surface area contributed by atoms with Crippen LogP contribution in [0.15, 0.2) is 42.0 Å². The van der Waals surface area contributed by atoms with Crippen molar-refractivity contribution < 1.29 is 4.79 Å². The van der Waals surface area contributed by atoms with Gasteiger partial charge in [0, 0.05) is 5.57 Å². The fourth-order valence-electron chi connectivity index (χ4n) is 1.44. The van der Waals surface area contributed by atoms with Crippen LogP contribution >= 0.6 is 0 Å². The molecule has 0 atom stereocenters. The third-order valence-corrected chi connectivity index (χ3v) is 2.71. The Kier molecular flexibility index (Phi) is 3.88. The highest BCUT2D eigenvalue weighted by atomic mass is 16.1. The first-order valence-corrected chi connectivity index (χ1v) is 5.48. The molecule has 1 N–H and O–H groups in total. The van der Waals surface area contributed by atoms with Gasteiger partial charge in [0.25, 0.3) is 0 Å². The van der Waals surface area contributed by atoms with Crippen LogP contribution in [0.4, 0.5) is 0 Å². The van der Waals surface area contributed by atoms with Gasteiger partial charge in [-0.1, -0.05) is 36.4 Å². The van der Waals surface area contributed by atoms with Crippen LogP contribution < -0.4 is 5.32 Å². The average molecular weight is 217 g/mol. The van der Waals surface area contributed by atoms with Crippen LogP contribution in [0.2, 0.25) is 0 Å². The van der Waals surface area contributed by atoms with E-state index in [1.165, 1.54) is 0 Å². The highest BCUT2D eigenvalue weighted by molar-refractivity contribution is 5.93. The molecule has 0 bridgehead atoms. The molecule has 0 fully saturated rings. The molecular weight excluding hydrogens is 198 g/mol. The third kappa shape index (κ3) is 2.96. The molecule has 1 rings (SSSR count). The van der Waals surface area contributed by atoms with Gasteiger partial charge < -0.3 is 5.32 Å². The van der Waals surface area contributed by atoms with E-state index in [1.54, 1.807) is 0 Å². The van der Waals surface area contributed by atoms with Crippen LogP contribution in [0.3, 0.4) is 0 Å². The van der Waals surface area contributed by atoms with Crippen LogP contribution in [0.5, 0.6) is 0 Å². The van der Waals surface area contributed by atoms with Gasteiger partial charge in [0.15, 0.2) is 0 Å². The highest BCUT2D eigenvalue weighted by Gasteiger charge is 2.22. The Hall–Kier alpha value is -1.57. The first-order valence-electron chi connectivity index (χ1n) is 5.48. The zero-order valence-corrected chi connectivity index (χ0v) is 10.4. The van der Waals surface area contributed by atoms with Crippen molar-refractivity contribution in [3.05, 3.63) is 47.5 Å². The van der Waals surface area contributed by atoms with E-state index in [9.17, 15) is 4.79 Å². The molecule has 0 aliphatic carbocycles. The number of benzene rings is 1. The predicted molar refractivity (Wildman–Crippen MR) is 67.0 cm³/mol. The zero-order valence-electron chi connectivity index (χ0n) is 10.4. The summed E-state index contributed by atoms with van der Waals surface area (Å²) in [4.78, 5) is 11.8. The summed E-state index contributed by atoms with van der Waals surface area (Å²) in [6.45, 7) is 7.69. The summed E-state index contributed by atoms with van der Waals surface area (Å²) in [5, 5.41) is 3.02. The maximum absolute atomic E-state index is 11.8. The van der Waals surface area contributed by atoms with Gasteiger partial charge in [0.05, 0.1) is 5.54 Å². The lowest BCUT2D eigenvalue weighted by atomic mass is 9.94. The van der Waals surface area contributed by atoms with Crippen molar-refractivity contribution in [1.82, 2.24) is 5.32 Å². The van der Waals surface area contributed by atoms with E-state index < -0.39 is 0 Å². The summed E-state index contributed by atoms with van der Waals surface area (Å²) in [6, 6.07) is 9.96. The van der Waals surface area contributed by atoms with E-state index in [0.717, 1.165) is 11.1 Å². The maximum atomic E-state index is 11.8. The van der Waals surface area contributed by atoms with E-state index in [4.69, 9.17) is 0 Å². The molecule has 0 saturated heterocycles. The summed E-state index contributed by atoms with van der Waals surface area (Å²) in [5.74, 6) is -0.0173. The van der Waals surface area contributed by atoms with Crippen LogP contribution in [0.25, 0.3) is 0 Å². The van der Waals surface area contributed by atoms with Crippen LogP contribution in [0.1, 0.15) is 33.3 Å². The second kappa shape index (κ2) is 4.97. The summed E-state index contributed by atoms with van der Waals surface area (Å²) < 4.78 is 0. The number of carbonyl (C=O) groups excluding carboxylic acids is 1. The lowest BCUT2D eigenvalue weighted by Crippen LogP contribution is -2.41. The Morgan fingerprint density at radius 1 is 1.25 bits per heavy atom. The smallest absolute Gasteiger partial charge is 0.247 e. The zero-order chi connectivity index (χ0) is 12.2. The number of nitrogens with one attached hydrogen (secondary N) is 1. The largest absolute Gasteiger partial charge is 0.343 e. The van der Waals surface area contributed by atoms with Gasteiger partial charge in [-0.25, -0.2) is 0 Å². The number of hydrogen-bond donors (Lipinski definition) is 1. The predicted octanol–water partition coefficient (Wildman–Crippen LogP) is 3.00. The maximum Gasteiger partial charge on any atom is 0.247 e. The quantitative estimate of drug-likeness (QED) is 0.775. The average Bonchev–Trinajstić information content (AvgIpc) is 2.28. The van der Waals surface area contributed by atoms with E-state index in [0.29, 0.717) is 0 Å². The van der Waals surface area contributed by atoms with Gasteiger partial charge in [-0.05, 0) is 33.3 Å². The van der Waals surface area contributed by atoms with Crippen LogP contribution in [0, 0.1) is 0 Å². The summed E-state index contributed by atoms with van der Waals surface area (Å²) in [6.07, 6.45) is 1.82. The first kappa shape index (κ1) is 12.5. The number of allylic oxidation sites excluding steroid dienone is 1. The molecule has 86 valence electrons. The van der Waals surface area contributed by atoms with Gasteiger partial charge >= 0.3 is 0 Å². The monoisotopic (exact) mass is 217 g/mol. The molecule has 0 aliphatic heterocycles. The van der Waals surface area contributed by atoms with Crippen LogP contribution in [-0.4, -0.2) is 5.91 Å². The fourth-order valence-corrected chi connectivity index (χ4v) is 1.44. The Morgan fingerprint density at radius 2 is 1.81 bits per heavy atom. The molecule has 2 nitrogen and oxygen atoms in total. The van der Waals surface area contributed by atoms with Crippen molar-refractivity contribution >= 4 is 5.91 Å².